The molecule has 0 saturated heterocycles. The predicted octanol–water partition coefficient (Wildman–Crippen LogP) is 4.53. The minimum atomic E-state index is -2.04. The molecule has 0 spiro atoms. The number of nitrogens with zero attached hydrogens (tertiary/aromatic N) is 3. The first-order valence-corrected chi connectivity index (χ1v) is 24.5. The number of Topliss-reactive ketones (excluding diaryl/α,β-unsaturated/α-hetero) is 3. The van der Waals surface area contributed by atoms with Crippen LogP contribution in [-0.4, -0.2) is 90.4 Å². The first-order valence-electron chi connectivity index (χ1n) is 19.2. The minimum Gasteiger partial charge on any atom is -0.481 e. The number of terminal acetylenes is 1. The second-order valence-corrected chi connectivity index (χ2v) is 17.3. The van der Waals surface area contributed by atoms with Gasteiger partial charge in [0, 0.05) is 80.3 Å². The van der Waals surface area contributed by atoms with E-state index in [1.54, 1.807) is 12.4 Å². The molecule has 4 aliphatic rings. The number of hydrogen-bond donors (Lipinski definition) is 4. The van der Waals surface area contributed by atoms with Crippen molar-refractivity contribution < 1.29 is 88.2 Å². The number of carboxylic acids is 2. The summed E-state index contributed by atoms with van der Waals surface area (Å²) in [5, 5.41) is 26.5. The fourth-order valence-corrected chi connectivity index (χ4v) is 7.91. The Morgan fingerprint density at radius 1 is 0.820 bits per heavy atom. The van der Waals surface area contributed by atoms with Gasteiger partial charge < -0.3 is 24.4 Å². The number of aromatic amines is 1. The number of nitrogens with one attached hydrogen (secondary N) is 2. The van der Waals surface area contributed by atoms with E-state index in [2.05, 4.69) is 48.3 Å². The smallest absolute Gasteiger partial charge is 0.356 e. The number of alkyl halides is 1. The Hall–Kier alpha value is -5.22. The monoisotopic (exact) mass is 1060 g/mol. The average Bonchev–Trinajstić information content (AvgIpc) is 4.06. The van der Waals surface area contributed by atoms with Crippen LogP contribution in [-0.2, 0) is 77.2 Å². The van der Waals surface area contributed by atoms with Crippen molar-refractivity contribution >= 4 is 58.7 Å². The fourth-order valence-electron chi connectivity index (χ4n) is 6.39. The van der Waals surface area contributed by atoms with Crippen molar-refractivity contribution in [2.45, 2.75) is 110 Å². The van der Waals surface area contributed by atoms with Gasteiger partial charge in [0.15, 0.2) is 17.5 Å². The van der Waals surface area contributed by atoms with Gasteiger partial charge in [-0.15, -0.1) is 18.0 Å². The number of carboxylic acid groups (broad SMARTS) is 2. The number of oxazole rings is 2. The van der Waals surface area contributed by atoms with Crippen LogP contribution in [0.2, 0.25) is 0 Å². The third-order valence-corrected chi connectivity index (χ3v) is 13.5. The molecule has 61 heavy (non-hydrogen) atoms. The number of amides is 1. The number of carbonyl (C=O) groups excluding carboxylic acids is 6. The van der Waals surface area contributed by atoms with Gasteiger partial charge in [-0.2, -0.15) is 5.10 Å². The van der Waals surface area contributed by atoms with Crippen LogP contribution >= 0.6 is 11.6 Å². The van der Waals surface area contributed by atoms with Gasteiger partial charge in [0.2, 0.25) is 5.91 Å². The maximum absolute atomic E-state index is 11.2. The number of hydrogen-bond acceptors (Lipinski definition) is 15. The van der Waals surface area contributed by atoms with Gasteiger partial charge in [0.25, 0.3) is 0 Å². The van der Waals surface area contributed by atoms with Crippen molar-refractivity contribution in [2.24, 2.45) is 11.8 Å². The van der Waals surface area contributed by atoms with Crippen molar-refractivity contribution in [1.82, 2.24) is 25.5 Å². The predicted molar refractivity (Wildman–Crippen MR) is 209 cm³/mol. The first-order chi connectivity index (χ1) is 29.0. The third kappa shape index (κ3) is 18.5. The zero-order valence-corrected chi connectivity index (χ0v) is 41.0. The summed E-state index contributed by atoms with van der Waals surface area (Å²) < 4.78 is 19.8. The summed E-state index contributed by atoms with van der Waals surface area (Å²) in [4.78, 5) is 93.0. The van der Waals surface area contributed by atoms with E-state index in [0.717, 1.165) is 35.1 Å². The molecular formula is C40H50ClHgN5O14. The van der Waals surface area contributed by atoms with Crippen LogP contribution in [0.4, 0.5) is 0 Å². The molecule has 4 unspecified atom stereocenters. The summed E-state index contributed by atoms with van der Waals surface area (Å²) in [6.45, 7) is 6.55. The number of aromatic carboxylic acids is 1. The molecule has 3 aromatic heterocycles. The van der Waals surface area contributed by atoms with Crippen LogP contribution in [0.3, 0.4) is 0 Å². The van der Waals surface area contributed by atoms with Crippen LogP contribution < -0.4 is 5.32 Å². The second kappa shape index (κ2) is 26.9. The summed E-state index contributed by atoms with van der Waals surface area (Å²) in [5.41, 5.74) is 1.77. The largest absolute Gasteiger partial charge is 0.481 e. The standard InChI is InChI=1S/C11H11N3O3.2C9H11NO2.C6H8O3.2C2H4O2.CH3Cl.Hg/c1-5-4-12-10(17-5)6-2-7-8(3-6)13-14-9(7)11(15)16;1-6-5-10-9(12-6)7-2-3-8(11)4-7;1-2-5-10-9(12)7-3-4-8(11)6-7;7-5-2-1-4(3-5)6(8)9;2*1-2(3)4;1-2;/h4,6H,2-3H2,1H3,(H,13,14)(H,15,16);5,7H,2-4H2,1H3;1,7H,3-6H2,(H,10,12);4H,1-3H2,(H,8,9);2*1H3,(H,3,4);1H3;/q;;;;;;;+2/p-2. The van der Waals surface area contributed by atoms with E-state index in [1.165, 1.54) is 20.2 Å². The minimum absolute atomic E-state index is 0.0844. The molecule has 21 heteroatoms. The number of fused-ring (bicyclic) bond motifs is 1. The molecule has 3 aromatic rings. The number of aryl methyl sites for hydroxylation is 2. The van der Waals surface area contributed by atoms with E-state index in [9.17, 15) is 38.4 Å². The molecule has 1 amide bonds. The molecular weight excluding hydrogens is 1010 g/mol. The van der Waals surface area contributed by atoms with E-state index in [1.807, 2.05) is 13.8 Å². The van der Waals surface area contributed by atoms with Gasteiger partial charge >= 0.3 is 78.1 Å². The molecule has 7 rings (SSSR count). The van der Waals surface area contributed by atoms with Crippen LogP contribution in [0, 0.1) is 38.0 Å². The molecule has 3 saturated carbocycles. The Bertz CT molecular complexity index is 2020. The van der Waals surface area contributed by atoms with Crippen molar-refractivity contribution in [2.75, 3.05) is 12.9 Å². The number of H-pyrrole nitrogens is 1. The Labute approximate surface area is 370 Å². The summed E-state index contributed by atoms with van der Waals surface area (Å²) in [7, 11) is 0. The third-order valence-electron chi connectivity index (χ3n) is 9.38. The van der Waals surface area contributed by atoms with Crippen LogP contribution in [0.25, 0.3) is 0 Å². The van der Waals surface area contributed by atoms with Gasteiger partial charge in [-0.1, -0.05) is 5.92 Å². The van der Waals surface area contributed by atoms with Gasteiger partial charge in [-0.05, 0) is 39.5 Å². The topological polar surface area (TPSA) is 288 Å². The maximum atomic E-state index is 11.2. The van der Waals surface area contributed by atoms with Gasteiger partial charge in [-0.3, -0.25) is 29.1 Å². The first kappa shape index (κ1) is 51.9. The molecule has 4 atom stereocenters. The second-order valence-electron chi connectivity index (χ2n) is 14.1. The normalized spacial score (nSPS) is 19.1. The van der Waals surface area contributed by atoms with E-state index in [4.69, 9.17) is 25.5 Å². The molecule has 0 aliphatic heterocycles. The molecule has 3 fully saturated rings. The van der Waals surface area contributed by atoms with Crippen molar-refractivity contribution in [3.8, 4) is 12.3 Å². The summed E-state index contributed by atoms with van der Waals surface area (Å²) >= 11 is 2.60. The Balaban J connectivity index is 0.000000266. The zero-order chi connectivity index (χ0) is 45.6. The summed E-state index contributed by atoms with van der Waals surface area (Å²) in [6, 6.07) is 0. The van der Waals surface area contributed by atoms with Crippen molar-refractivity contribution in [1.29, 1.82) is 0 Å². The molecule has 19 nitrogen and oxygen atoms in total. The summed E-state index contributed by atoms with van der Waals surface area (Å²) in [5.74, 6) is 3.10. The molecule has 3 heterocycles. The molecule has 0 bridgehead atoms. The number of halogens is 1. The average molecular weight is 1060 g/mol. The van der Waals surface area contributed by atoms with Crippen molar-refractivity contribution in [3.05, 3.63) is 52.6 Å². The van der Waals surface area contributed by atoms with Gasteiger partial charge in [0.1, 0.15) is 28.9 Å². The molecule has 328 valence electrons. The Kier molecular flexibility index (Phi) is 22.9. The van der Waals surface area contributed by atoms with Gasteiger partial charge in [-0.25, -0.2) is 14.8 Å². The van der Waals surface area contributed by atoms with Crippen LogP contribution in [0.5, 0.6) is 0 Å². The molecule has 0 aromatic carbocycles. The van der Waals surface area contributed by atoms with Crippen LogP contribution in [0.15, 0.2) is 21.2 Å². The molecule has 4 aliphatic carbocycles. The SMILES string of the molecule is C#CCNC(=O)C1CCC(=O)C1.CC(=O)[O][Hg][O]C(C)=O.CCl.Cc1cnc(C2CCC(=O)C2)o1.Cc1cnc(C2Cc3[nH]nc(C(=O)O)c3C2)o1.O=C1CCC(C(=O)O)C1. The number of aromatic nitrogens is 4. The molecule has 4 N–H and O–H groups in total. The zero-order valence-electron chi connectivity index (χ0n) is 34.7. The number of aliphatic carboxylic acids is 1. The van der Waals surface area contributed by atoms with E-state index in [-0.39, 0.29) is 65.8 Å². The summed E-state index contributed by atoms with van der Waals surface area (Å²) in [6.07, 6.45) is 16.2. The van der Waals surface area contributed by atoms with E-state index >= 15 is 0 Å². The molecule has 0 radical (unpaired) electrons. The maximum Gasteiger partial charge on any atom is 0.356 e. The Morgan fingerprint density at radius 2 is 1.33 bits per heavy atom. The Morgan fingerprint density at radius 3 is 1.72 bits per heavy atom. The number of rotatable bonds is 8. The number of carbonyl (C=O) groups is 8. The van der Waals surface area contributed by atoms with Crippen LogP contribution in [0.1, 0.15) is 129 Å². The number of ketones is 3. The quantitative estimate of drug-likeness (QED) is 0.137. The van der Waals surface area contributed by atoms with E-state index < -0.39 is 43.3 Å². The fraction of sp³-hybridized carbons (Fsp3) is 0.525. The van der Waals surface area contributed by atoms with Crippen molar-refractivity contribution in [3.63, 3.8) is 0 Å². The van der Waals surface area contributed by atoms with Gasteiger partial charge in [0.05, 0.1) is 24.9 Å². The van der Waals surface area contributed by atoms with E-state index in [0.29, 0.717) is 69.5 Å².